The number of ether oxygens (including phenoxy) is 1. The highest BCUT2D eigenvalue weighted by Crippen LogP contribution is 2.26. The molecule has 0 spiro atoms. The lowest BCUT2D eigenvalue weighted by atomic mass is 10.0. The van der Waals surface area contributed by atoms with Gasteiger partial charge in [-0.1, -0.05) is 12.1 Å². The molecule has 1 aliphatic rings. The average molecular weight is 409 g/mol. The SMILES string of the molecule is Cc1ccc2c(CC(=O)NCCS(=O)(=O)N3CC(C)OC(C)C3)coc2c1C. The number of fused-ring (bicyclic) bond motifs is 1. The summed E-state index contributed by atoms with van der Waals surface area (Å²) >= 11 is 0. The van der Waals surface area contributed by atoms with E-state index in [2.05, 4.69) is 5.32 Å². The molecule has 2 unspecified atom stereocenters. The fourth-order valence-corrected chi connectivity index (χ4v) is 5.06. The van der Waals surface area contributed by atoms with Gasteiger partial charge in [-0.2, -0.15) is 4.31 Å². The quantitative estimate of drug-likeness (QED) is 0.791. The molecule has 1 N–H and O–H groups in total. The third-order valence-corrected chi connectivity index (χ3v) is 6.96. The van der Waals surface area contributed by atoms with Crippen molar-refractivity contribution in [1.29, 1.82) is 0 Å². The van der Waals surface area contributed by atoms with E-state index in [0.717, 1.165) is 27.7 Å². The Morgan fingerprint density at radius 1 is 1.21 bits per heavy atom. The Balaban J connectivity index is 1.55. The van der Waals surface area contributed by atoms with Gasteiger partial charge in [-0.05, 0) is 38.8 Å². The van der Waals surface area contributed by atoms with Crippen LogP contribution in [0.15, 0.2) is 22.8 Å². The Hall–Kier alpha value is -1.90. The summed E-state index contributed by atoms with van der Waals surface area (Å²) in [6.07, 6.45) is 1.50. The zero-order valence-corrected chi connectivity index (χ0v) is 17.6. The standard InChI is InChI=1S/C20H28N2O5S/c1-13-5-6-18-17(12-26-20(18)16(13)4)9-19(23)21-7-8-28(24,25)22-10-14(2)27-15(3)11-22/h5-6,12,14-15H,7-11H2,1-4H3,(H,21,23). The first-order chi connectivity index (χ1) is 13.2. The van der Waals surface area contributed by atoms with Crippen molar-refractivity contribution in [2.24, 2.45) is 0 Å². The van der Waals surface area contributed by atoms with Crippen LogP contribution in [0.5, 0.6) is 0 Å². The van der Waals surface area contributed by atoms with Crippen LogP contribution in [0.4, 0.5) is 0 Å². The van der Waals surface area contributed by atoms with Gasteiger partial charge in [0.05, 0.1) is 30.6 Å². The van der Waals surface area contributed by atoms with Crippen LogP contribution in [-0.2, 0) is 26.0 Å². The summed E-state index contributed by atoms with van der Waals surface area (Å²) in [6.45, 7) is 8.50. The molecular formula is C20H28N2O5S. The highest BCUT2D eigenvalue weighted by atomic mass is 32.2. The summed E-state index contributed by atoms with van der Waals surface area (Å²) in [4.78, 5) is 12.3. The topological polar surface area (TPSA) is 88.9 Å². The molecule has 0 radical (unpaired) electrons. The highest BCUT2D eigenvalue weighted by molar-refractivity contribution is 7.89. The van der Waals surface area contributed by atoms with Crippen molar-refractivity contribution in [2.45, 2.75) is 46.3 Å². The lowest BCUT2D eigenvalue weighted by Gasteiger charge is -2.34. The van der Waals surface area contributed by atoms with Crippen LogP contribution in [0.3, 0.4) is 0 Å². The number of aryl methyl sites for hydroxylation is 2. The van der Waals surface area contributed by atoms with Crippen molar-refractivity contribution >= 4 is 26.9 Å². The Morgan fingerprint density at radius 2 is 1.89 bits per heavy atom. The molecule has 28 heavy (non-hydrogen) atoms. The molecular weight excluding hydrogens is 380 g/mol. The van der Waals surface area contributed by atoms with Gasteiger partial charge in [-0.25, -0.2) is 8.42 Å². The molecule has 0 aliphatic carbocycles. The number of sulfonamides is 1. The van der Waals surface area contributed by atoms with Crippen LogP contribution < -0.4 is 5.32 Å². The fourth-order valence-electron chi connectivity index (χ4n) is 3.57. The Bertz CT molecular complexity index is 956. The van der Waals surface area contributed by atoms with E-state index >= 15 is 0 Å². The summed E-state index contributed by atoms with van der Waals surface area (Å²) in [5.41, 5.74) is 3.79. The number of hydrogen-bond acceptors (Lipinski definition) is 5. The molecule has 2 heterocycles. The number of carbonyl (C=O) groups excluding carboxylic acids is 1. The summed E-state index contributed by atoms with van der Waals surface area (Å²) in [5, 5.41) is 3.63. The molecule has 0 bridgehead atoms. The van der Waals surface area contributed by atoms with E-state index in [1.807, 2.05) is 39.8 Å². The summed E-state index contributed by atoms with van der Waals surface area (Å²) in [6, 6.07) is 3.96. The molecule has 2 atom stereocenters. The van der Waals surface area contributed by atoms with Crippen LogP contribution in [0.1, 0.15) is 30.5 Å². The predicted molar refractivity (Wildman–Crippen MR) is 108 cm³/mol. The molecule has 1 aromatic carbocycles. The molecule has 7 nitrogen and oxygen atoms in total. The van der Waals surface area contributed by atoms with Gasteiger partial charge in [0, 0.05) is 30.6 Å². The number of morpholine rings is 1. The number of amides is 1. The third kappa shape index (κ3) is 4.56. The largest absolute Gasteiger partial charge is 0.464 e. The highest BCUT2D eigenvalue weighted by Gasteiger charge is 2.30. The van der Waals surface area contributed by atoms with Gasteiger partial charge in [0.2, 0.25) is 15.9 Å². The van der Waals surface area contributed by atoms with Gasteiger partial charge in [0.15, 0.2) is 0 Å². The van der Waals surface area contributed by atoms with E-state index < -0.39 is 10.0 Å². The molecule has 2 aromatic rings. The van der Waals surface area contributed by atoms with E-state index in [4.69, 9.17) is 9.15 Å². The minimum Gasteiger partial charge on any atom is -0.464 e. The van der Waals surface area contributed by atoms with Gasteiger partial charge in [0.25, 0.3) is 0 Å². The third-order valence-electron chi connectivity index (χ3n) is 5.15. The maximum atomic E-state index is 12.5. The van der Waals surface area contributed by atoms with Gasteiger partial charge in [0.1, 0.15) is 5.58 Å². The summed E-state index contributed by atoms with van der Waals surface area (Å²) in [7, 11) is -3.43. The van der Waals surface area contributed by atoms with Crippen LogP contribution in [0.2, 0.25) is 0 Å². The molecule has 1 aliphatic heterocycles. The smallest absolute Gasteiger partial charge is 0.224 e. The number of furan rings is 1. The first-order valence-electron chi connectivity index (χ1n) is 9.53. The maximum Gasteiger partial charge on any atom is 0.224 e. The van der Waals surface area contributed by atoms with E-state index in [0.29, 0.717) is 13.1 Å². The second kappa shape index (κ2) is 8.23. The molecule has 3 rings (SSSR count). The minimum atomic E-state index is -3.43. The second-order valence-corrected chi connectivity index (χ2v) is 9.65. The molecule has 0 saturated carbocycles. The Morgan fingerprint density at radius 3 is 2.57 bits per heavy atom. The lowest BCUT2D eigenvalue weighted by molar-refractivity contribution is -0.120. The predicted octanol–water partition coefficient (Wildman–Crippen LogP) is 2.15. The molecule has 1 fully saturated rings. The van der Waals surface area contributed by atoms with E-state index in [-0.39, 0.29) is 36.8 Å². The molecule has 1 aromatic heterocycles. The van der Waals surface area contributed by atoms with Gasteiger partial charge in [-0.3, -0.25) is 4.79 Å². The fraction of sp³-hybridized carbons (Fsp3) is 0.550. The van der Waals surface area contributed by atoms with E-state index in [9.17, 15) is 13.2 Å². The van der Waals surface area contributed by atoms with Crippen molar-refractivity contribution < 1.29 is 22.4 Å². The van der Waals surface area contributed by atoms with Crippen LogP contribution in [0, 0.1) is 13.8 Å². The first kappa shape index (κ1) is 20.8. The second-order valence-electron chi connectivity index (χ2n) is 7.56. The van der Waals surface area contributed by atoms with Gasteiger partial charge in [-0.15, -0.1) is 0 Å². The van der Waals surface area contributed by atoms with Crippen molar-refractivity contribution in [1.82, 2.24) is 9.62 Å². The number of carbonyl (C=O) groups is 1. The maximum absolute atomic E-state index is 12.5. The number of nitrogens with zero attached hydrogens (tertiary/aromatic N) is 1. The molecule has 1 saturated heterocycles. The van der Waals surface area contributed by atoms with Crippen LogP contribution >= 0.6 is 0 Å². The first-order valence-corrected chi connectivity index (χ1v) is 11.1. The van der Waals surface area contributed by atoms with Gasteiger partial charge < -0.3 is 14.5 Å². The summed E-state index contributed by atoms with van der Waals surface area (Å²) in [5.74, 6) is -0.345. The lowest BCUT2D eigenvalue weighted by Crippen LogP contribution is -2.49. The zero-order valence-electron chi connectivity index (χ0n) is 16.8. The van der Waals surface area contributed by atoms with Gasteiger partial charge >= 0.3 is 0 Å². The van der Waals surface area contributed by atoms with Crippen LogP contribution in [-0.4, -0.2) is 56.2 Å². The van der Waals surface area contributed by atoms with E-state index in [1.165, 1.54) is 4.31 Å². The van der Waals surface area contributed by atoms with E-state index in [1.54, 1.807) is 6.26 Å². The molecule has 1 amide bonds. The molecule has 154 valence electrons. The zero-order chi connectivity index (χ0) is 20.5. The Labute approximate surface area is 166 Å². The van der Waals surface area contributed by atoms with Crippen molar-refractivity contribution in [3.05, 3.63) is 35.1 Å². The number of benzene rings is 1. The average Bonchev–Trinajstić information content (AvgIpc) is 3.00. The number of nitrogens with one attached hydrogen (secondary N) is 1. The number of hydrogen-bond donors (Lipinski definition) is 1. The number of rotatable bonds is 6. The monoisotopic (exact) mass is 408 g/mol. The normalized spacial score (nSPS) is 21.1. The van der Waals surface area contributed by atoms with Crippen LogP contribution in [0.25, 0.3) is 11.0 Å². The minimum absolute atomic E-state index is 0.0786. The molecule has 8 heteroatoms. The summed E-state index contributed by atoms with van der Waals surface area (Å²) < 4.78 is 37.7. The Kier molecular flexibility index (Phi) is 6.12. The van der Waals surface area contributed by atoms with Crippen molar-refractivity contribution in [2.75, 3.05) is 25.4 Å². The van der Waals surface area contributed by atoms with Crippen molar-refractivity contribution in [3.8, 4) is 0 Å². The van der Waals surface area contributed by atoms with Crippen molar-refractivity contribution in [3.63, 3.8) is 0 Å².